The second kappa shape index (κ2) is 7.51. The molecule has 0 spiro atoms. The van der Waals surface area contributed by atoms with Crippen LogP contribution in [0.25, 0.3) is 39.1 Å². The van der Waals surface area contributed by atoms with Crippen LogP contribution < -0.4 is 11.1 Å². The van der Waals surface area contributed by atoms with Gasteiger partial charge in [0.1, 0.15) is 0 Å². The summed E-state index contributed by atoms with van der Waals surface area (Å²) in [6, 6.07) is 12.9. The van der Waals surface area contributed by atoms with Crippen LogP contribution in [0.3, 0.4) is 0 Å². The summed E-state index contributed by atoms with van der Waals surface area (Å²) in [5.74, 6) is 0.929. The number of nitrogens with one attached hydrogen (secondary N) is 1. The van der Waals surface area contributed by atoms with E-state index in [-0.39, 0.29) is 17.2 Å². The van der Waals surface area contributed by atoms with Gasteiger partial charge in [0.25, 0.3) is 11.1 Å². The van der Waals surface area contributed by atoms with E-state index in [2.05, 4.69) is 25.2 Å². The minimum absolute atomic E-state index is 0.197. The molecule has 10 heteroatoms. The molecule has 3 heterocycles. The van der Waals surface area contributed by atoms with E-state index in [1.165, 1.54) is 15.8 Å². The van der Waals surface area contributed by atoms with E-state index >= 15 is 0 Å². The van der Waals surface area contributed by atoms with Crippen LogP contribution in [0.15, 0.2) is 52.1 Å². The summed E-state index contributed by atoms with van der Waals surface area (Å²) in [6.07, 6.45) is 5.45. The van der Waals surface area contributed by atoms with Gasteiger partial charge in [-0.1, -0.05) is 31.4 Å². The first-order chi connectivity index (χ1) is 16.1. The first kappa shape index (κ1) is 19.6. The summed E-state index contributed by atoms with van der Waals surface area (Å²) in [5.41, 5.74) is 1.90. The lowest BCUT2D eigenvalue weighted by Gasteiger charge is -2.26. The second-order valence-electron chi connectivity index (χ2n) is 8.50. The number of aromatic nitrogens is 8. The number of tetrazole rings is 1. The van der Waals surface area contributed by atoms with E-state index in [0.717, 1.165) is 36.8 Å². The summed E-state index contributed by atoms with van der Waals surface area (Å²) in [7, 11) is 1.62. The van der Waals surface area contributed by atoms with Gasteiger partial charge in [0.2, 0.25) is 11.8 Å². The molecule has 33 heavy (non-hydrogen) atoms. The maximum Gasteiger partial charge on any atom is 0.280 e. The number of nitrogens with zero attached hydrogens (tertiary/aromatic N) is 7. The molecule has 1 aliphatic carbocycles. The van der Waals surface area contributed by atoms with Gasteiger partial charge in [0, 0.05) is 18.7 Å². The Morgan fingerprint density at radius 1 is 0.970 bits per heavy atom. The average molecular weight is 442 g/mol. The molecule has 1 aliphatic rings. The largest absolute Gasteiger partial charge is 0.305 e. The highest BCUT2D eigenvalue weighted by Crippen LogP contribution is 2.34. The molecule has 0 unspecified atom stereocenters. The third-order valence-electron chi connectivity index (χ3n) is 6.58. The normalized spacial score (nSPS) is 14.9. The third kappa shape index (κ3) is 3.01. The molecule has 10 nitrogen and oxygen atoms in total. The van der Waals surface area contributed by atoms with Crippen LogP contribution in [-0.4, -0.2) is 39.5 Å². The van der Waals surface area contributed by atoms with Gasteiger partial charge in [0.05, 0.1) is 21.8 Å². The Kier molecular flexibility index (Phi) is 4.46. The lowest BCUT2D eigenvalue weighted by Crippen LogP contribution is -2.38. The zero-order chi connectivity index (χ0) is 22.5. The molecule has 6 rings (SSSR count). The number of hydrogen-bond donors (Lipinski definition) is 1. The van der Waals surface area contributed by atoms with Gasteiger partial charge in [0.15, 0.2) is 0 Å². The lowest BCUT2D eigenvalue weighted by molar-refractivity contribution is 0.352. The van der Waals surface area contributed by atoms with Crippen LogP contribution in [-0.2, 0) is 7.05 Å². The highest BCUT2D eigenvalue weighted by atomic mass is 16.2. The maximum absolute atomic E-state index is 13.6. The molecule has 0 aliphatic heterocycles. The fourth-order valence-electron chi connectivity index (χ4n) is 4.95. The molecular formula is C23H22N8O2. The molecule has 0 radical (unpaired) electrons. The molecule has 1 saturated carbocycles. The molecule has 166 valence electrons. The van der Waals surface area contributed by atoms with Crippen molar-refractivity contribution in [2.24, 2.45) is 7.05 Å². The van der Waals surface area contributed by atoms with Gasteiger partial charge in [-0.3, -0.25) is 9.59 Å². The average Bonchev–Trinajstić information content (AvgIpc) is 3.51. The van der Waals surface area contributed by atoms with Gasteiger partial charge in [-0.2, -0.15) is 9.90 Å². The molecule has 5 aromatic rings. The summed E-state index contributed by atoms with van der Waals surface area (Å²) < 4.78 is 4.91. The van der Waals surface area contributed by atoms with E-state index in [0.29, 0.717) is 28.1 Å². The standard InChI is InChI=1S/C23H22N8O2/c1-29-21(32)16-9-5-6-10-17(16)22(33)31(29)23-24-18-13-14(20-25-27-28-26-20)11-12-19(18)30(23)15-7-3-2-4-8-15/h5-6,9-13,15H,2-4,7-8H2,1H3,(H,25,26,27,28). The van der Waals surface area contributed by atoms with E-state index < -0.39 is 0 Å². The van der Waals surface area contributed by atoms with Crippen LogP contribution in [0, 0.1) is 0 Å². The molecule has 3 aromatic heterocycles. The fraction of sp³-hybridized carbons (Fsp3) is 0.304. The topological polar surface area (TPSA) is 116 Å². The van der Waals surface area contributed by atoms with Gasteiger partial charge in [-0.05, 0) is 48.4 Å². The Labute approximate surface area is 187 Å². The Hall–Kier alpha value is -4.08. The maximum atomic E-state index is 13.6. The summed E-state index contributed by atoms with van der Waals surface area (Å²) in [5, 5.41) is 15.0. The highest BCUT2D eigenvalue weighted by Gasteiger charge is 2.25. The van der Waals surface area contributed by atoms with Crippen molar-refractivity contribution in [1.29, 1.82) is 0 Å². The monoisotopic (exact) mass is 442 g/mol. The summed E-state index contributed by atoms with van der Waals surface area (Å²) in [4.78, 5) is 31.6. The smallest absolute Gasteiger partial charge is 0.280 e. The predicted molar refractivity (Wildman–Crippen MR) is 123 cm³/mol. The Morgan fingerprint density at radius 2 is 1.73 bits per heavy atom. The van der Waals surface area contributed by atoms with Crippen LogP contribution in [0.5, 0.6) is 0 Å². The van der Waals surface area contributed by atoms with E-state index in [1.807, 2.05) is 18.2 Å². The van der Waals surface area contributed by atoms with E-state index in [4.69, 9.17) is 4.98 Å². The Morgan fingerprint density at radius 3 is 2.45 bits per heavy atom. The van der Waals surface area contributed by atoms with Crippen molar-refractivity contribution in [3.05, 3.63) is 63.2 Å². The van der Waals surface area contributed by atoms with Gasteiger partial charge in [-0.15, -0.1) is 10.2 Å². The molecule has 1 N–H and O–H groups in total. The van der Waals surface area contributed by atoms with Gasteiger partial charge < -0.3 is 4.57 Å². The first-order valence-electron chi connectivity index (χ1n) is 11.1. The van der Waals surface area contributed by atoms with Crippen molar-refractivity contribution in [3.8, 4) is 17.3 Å². The van der Waals surface area contributed by atoms with Crippen molar-refractivity contribution in [3.63, 3.8) is 0 Å². The molecule has 0 bridgehead atoms. The van der Waals surface area contributed by atoms with Crippen molar-refractivity contribution < 1.29 is 0 Å². The SMILES string of the molecule is Cn1c(=O)c2ccccc2c(=O)n1-c1nc2cc(-c3nn[nH]n3)ccc2n1C1CCCCC1. The number of benzene rings is 2. The van der Waals surface area contributed by atoms with Crippen molar-refractivity contribution in [2.45, 2.75) is 38.1 Å². The second-order valence-corrected chi connectivity index (χ2v) is 8.50. The van der Waals surface area contributed by atoms with E-state index in [9.17, 15) is 9.59 Å². The number of rotatable bonds is 3. The molecule has 0 atom stereocenters. The Bertz CT molecular complexity index is 1600. The molecule has 2 aromatic carbocycles. The summed E-state index contributed by atoms with van der Waals surface area (Å²) in [6.45, 7) is 0. The van der Waals surface area contributed by atoms with Crippen LogP contribution in [0.1, 0.15) is 38.1 Å². The number of imidazole rings is 1. The van der Waals surface area contributed by atoms with Crippen molar-refractivity contribution in [2.75, 3.05) is 0 Å². The van der Waals surface area contributed by atoms with Gasteiger partial charge in [-0.25, -0.2) is 9.67 Å². The molecule has 0 saturated heterocycles. The molecular weight excluding hydrogens is 420 g/mol. The zero-order valence-electron chi connectivity index (χ0n) is 18.1. The first-order valence-corrected chi connectivity index (χ1v) is 11.1. The van der Waals surface area contributed by atoms with Crippen LogP contribution in [0.2, 0.25) is 0 Å². The number of H-pyrrole nitrogens is 1. The van der Waals surface area contributed by atoms with E-state index in [1.54, 1.807) is 31.3 Å². The van der Waals surface area contributed by atoms with Crippen molar-refractivity contribution >= 4 is 21.8 Å². The third-order valence-corrected chi connectivity index (χ3v) is 6.58. The number of fused-ring (bicyclic) bond motifs is 2. The van der Waals surface area contributed by atoms with Crippen molar-refractivity contribution in [1.82, 2.24) is 39.5 Å². The van der Waals surface area contributed by atoms with Crippen LogP contribution in [0.4, 0.5) is 0 Å². The zero-order valence-corrected chi connectivity index (χ0v) is 18.1. The Balaban J connectivity index is 1.67. The van der Waals surface area contributed by atoms with Crippen LogP contribution >= 0.6 is 0 Å². The molecule has 1 fully saturated rings. The quantitative estimate of drug-likeness (QED) is 0.459. The summed E-state index contributed by atoms with van der Waals surface area (Å²) >= 11 is 0. The minimum atomic E-state index is -0.265. The highest BCUT2D eigenvalue weighted by molar-refractivity contribution is 5.83. The number of hydrogen-bond acceptors (Lipinski definition) is 6. The predicted octanol–water partition coefficient (Wildman–Crippen LogP) is 2.72. The minimum Gasteiger partial charge on any atom is -0.305 e. The van der Waals surface area contributed by atoms with Gasteiger partial charge >= 0.3 is 0 Å². The number of aromatic amines is 1. The lowest BCUT2D eigenvalue weighted by atomic mass is 9.95. The fourth-order valence-corrected chi connectivity index (χ4v) is 4.95. The molecule has 0 amide bonds.